The molecule has 1 aliphatic carbocycles. The fraction of sp³-hybridized carbons (Fsp3) is 1.00. The topological polar surface area (TPSA) is 32.5 Å². The summed E-state index contributed by atoms with van der Waals surface area (Å²) in [6.45, 7) is 8.17. The van der Waals surface area contributed by atoms with Crippen molar-refractivity contribution in [1.29, 1.82) is 0 Å². The van der Waals surface area contributed by atoms with Crippen LogP contribution < -0.4 is 5.73 Å². The van der Waals surface area contributed by atoms with Crippen LogP contribution in [0.4, 0.5) is 0 Å². The molecule has 2 N–H and O–H groups in total. The Morgan fingerprint density at radius 2 is 1.70 bits per heavy atom. The van der Waals surface area contributed by atoms with Gasteiger partial charge in [0.2, 0.25) is 0 Å². The van der Waals surface area contributed by atoms with E-state index in [2.05, 4.69) is 16.7 Å². The summed E-state index contributed by atoms with van der Waals surface area (Å²) in [6, 6.07) is 0.856. The van der Waals surface area contributed by atoms with Gasteiger partial charge in [0.05, 0.1) is 0 Å². The monoisotopic (exact) mass is 279 g/mol. The number of hydrogen-bond donors (Lipinski definition) is 1. The molecule has 3 aliphatic rings. The first kappa shape index (κ1) is 14.8. The molecule has 3 rings (SSSR count). The van der Waals surface area contributed by atoms with Gasteiger partial charge in [-0.25, -0.2) is 0 Å². The zero-order valence-electron chi connectivity index (χ0n) is 13.3. The first-order valence-electron chi connectivity index (χ1n) is 8.98. The summed E-state index contributed by atoms with van der Waals surface area (Å²) < 4.78 is 0. The molecular formula is C17H33N3. The van der Waals surface area contributed by atoms with E-state index in [1.165, 1.54) is 77.5 Å². The van der Waals surface area contributed by atoms with E-state index in [1.807, 2.05) is 0 Å². The minimum Gasteiger partial charge on any atom is -0.329 e. The van der Waals surface area contributed by atoms with Gasteiger partial charge in [0.1, 0.15) is 0 Å². The van der Waals surface area contributed by atoms with Gasteiger partial charge in [0.25, 0.3) is 0 Å². The number of hydrogen-bond acceptors (Lipinski definition) is 3. The van der Waals surface area contributed by atoms with Gasteiger partial charge in [-0.15, -0.1) is 0 Å². The van der Waals surface area contributed by atoms with Crippen LogP contribution in [0.1, 0.15) is 58.3 Å². The smallest absolute Gasteiger partial charge is 0.0359 e. The third kappa shape index (κ3) is 2.65. The van der Waals surface area contributed by atoms with Gasteiger partial charge >= 0.3 is 0 Å². The summed E-state index contributed by atoms with van der Waals surface area (Å²) in [5.74, 6) is 0.977. The highest BCUT2D eigenvalue weighted by molar-refractivity contribution is 5.02. The summed E-state index contributed by atoms with van der Waals surface area (Å²) in [5, 5.41) is 0. The fourth-order valence-corrected chi connectivity index (χ4v) is 5.11. The molecule has 2 heterocycles. The lowest BCUT2D eigenvalue weighted by Gasteiger charge is -2.50. The standard InChI is InChI=1S/C17H33N3/c1-2-19-12-9-17(14-18,10-13-19)20-11-5-8-16(20)15-6-3-4-7-15/h15-16H,2-14,18H2,1H3. The van der Waals surface area contributed by atoms with Crippen LogP contribution in [0.15, 0.2) is 0 Å². The molecule has 3 fully saturated rings. The quantitative estimate of drug-likeness (QED) is 0.858. The molecule has 3 heteroatoms. The van der Waals surface area contributed by atoms with Crippen molar-refractivity contribution in [2.75, 3.05) is 32.7 Å². The summed E-state index contributed by atoms with van der Waals surface area (Å²) in [5.41, 5.74) is 6.63. The molecule has 0 spiro atoms. The first-order valence-corrected chi connectivity index (χ1v) is 8.98. The molecule has 20 heavy (non-hydrogen) atoms. The van der Waals surface area contributed by atoms with Gasteiger partial charge in [-0.05, 0) is 70.6 Å². The van der Waals surface area contributed by atoms with Crippen LogP contribution >= 0.6 is 0 Å². The number of rotatable bonds is 4. The lowest BCUT2D eigenvalue weighted by Crippen LogP contribution is -2.61. The molecule has 1 atom stereocenters. The molecule has 0 radical (unpaired) electrons. The van der Waals surface area contributed by atoms with Gasteiger partial charge in [-0.3, -0.25) is 4.90 Å². The molecule has 0 aromatic heterocycles. The second-order valence-electron chi connectivity index (χ2n) is 7.31. The van der Waals surface area contributed by atoms with Gasteiger partial charge < -0.3 is 10.6 Å². The largest absolute Gasteiger partial charge is 0.329 e. The Morgan fingerprint density at radius 1 is 1.00 bits per heavy atom. The van der Waals surface area contributed by atoms with E-state index < -0.39 is 0 Å². The van der Waals surface area contributed by atoms with Crippen molar-refractivity contribution in [1.82, 2.24) is 9.80 Å². The Bertz CT molecular complexity index is 303. The maximum atomic E-state index is 6.31. The number of likely N-dealkylation sites (tertiary alicyclic amines) is 2. The van der Waals surface area contributed by atoms with Crippen molar-refractivity contribution in [2.45, 2.75) is 69.9 Å². The first-order chi connectivity index (χ1) is 9.79. The average molecular weight is 279 g/mol. The predicted molar refractivity (Wildman–Crippen MR) is 84.8 cm³/mol. The Hall–Kier alpha value is -0.120. The van der Waals surface area contributed by atoms with Gasteiger partial charge in [-0.1, -0.05) is 19.8 Å². The van der Waals surface area contributed by atoms with E-state index in [4.69, 9.17) is 5.73 Å². The molecule has 0 bridgehead atoms. The van der Waals surface area contributed by atoms with E-state index in [0.717, 1.165) is 18.5 Å². The maximum Gasteiger partial charge on any atom is 0.0359 e. The summed E-state index contributed by atoms with van der Waals surface area (Å²) in [6.07, 6.45) is 11.3. The van der Waals surface area contributed by atoms with Crippen molar-refractivity contribution in [3.8, 4) is 0 Å². The summed E-state index contributed by atoms with van der Waals surface area (Å²) in [7, 11) is 0. The number of nitrogens with zero attached hydrogens (tertiary/aromatic N) is 2. The molecule has 0 aromatic carbocycles. The normalized spacial score (nSPS) is 33.0. The van der Waals surface area contributed by atoms with Crippen LogP contribution in [-0.2, 0) is 0 Å². The lowest BCUT2D eigenvalue weighted by atomic mass is 9.83. The van der Waals surface area contributed by atoms with Gasteiger partial charge in [0, 0.05) is 18.1 Å². The van der Waals surface area contributed by atoms with Crippen LogP contribution in [0.5, 0.6) is 0 Å². The van der Waals surface area contributed by atoms with Crippen molar-refractivity contribution < 1.29 is 0 Å². The zero-order valence-corrected chi connectivity index (χ0v) is 13.3. The Balaban J connectivity index is 1.71. The van der Waals surface area contributed by atoms with Crippen molar-refractivity contribution in [3.63, 3.8) is 0 Å². The van der Waals surface area contributed by atoms with E-state index in [9.17, 15) is 0 Å². The van der Waals surface area contributed by atoms with Crippen LogP contribution in [-0.4, -0.2) is 54.1 Å². The number of nitrogens with two attached hydrogens (primary N) is 1. The van der Waals surface area contributed by atoms with Gasteiger partial charge in [-0.2, -0.15) is 0 Å². The Labute approximate surface area is 124 Å². The lowest BCUT2D eigenvalue weighted by molar-refractivity contribution is 0.00352. The maximum absolute atomic E-state index is 6.31. The fourth-order valence-electron chi connectivity index (χ4n) is 5.11. The third-order valence-corrected chi connectivity index (χ3v) is 6.47. The predicted octanol–water partition coefficient (Wildman–Crippen LogP) is 2.45. The van der Waals surface area contributed by atoms with Crippen molar-refractivity contribution in [3.05, 3.63) is 0 Å². The van der Waals surface area contributed by atoms with Crippen LogP contribution in [0.2, 0.25) is 0 Å². The van der Waals surface area contributed by atoms with Crippen LogP contribution in [0.3, 0.4) is 0 Å². The average Bonchev–Trinajstić information content (AvgIpc) is 3.17. The second kappa shape index (κ2) is 6.33. The summed E-state index contributed by atoms with van der Waals surface area (Å²) >= 11 is 0. The molecule has 1 unspecified atom stereocenters. The summed E-state index contributed by atoms with van der Waals surface area (Å²) in [4.78, 5) is 5.48. The molecular weight excluding hydrogens is 246 g/mol. The zero-order chi connectivity index (χ0) is 14.0. The molecule has 2 aliphatic heterocycles. The SMILES string of the molecule is CCN1CCC(CN)(N2CCCC2C2CCCC2)CC1. The Kier molecular flexibility index (Phi) is 4.68. The van der Waals surface area contributed by atoms with E-state index in [-0.39, 0.29) is 0 Å². The molecule has 2 saturated heterocycles. The molecule has 116 valence electrons. The minimum absolute atomic E-state index is 0.329. The molecule has 1 saturated carbocycles. The van der Waals surface area contributed by atoms with E-state index in [1.54, 1.807) is 0 Å². The highest BCUT2D eigenvalue weighted by Gasteiger charge is 2.45. The second-order valence-corrected chi connectivity index (χ2v) is 7.31. The van der Waals surface area contributed by atoms with E-state index >= 15 is 0 Å². The third-order valence-electron chi connectivity index (χ3n) is 6.47. The van der Waals surface area contributed by atoms with Crippen LogP contribution in [0.25, 0.3) is 0 Å². The Morgan fingerprint density at radius 3 is 2.30 bits per heavy atom. The van der Waals surface area contributed by atoms with E-state index in [0.29, 0.717) is 5.54 Å². The van der Waals surface area contributed by atoms with Crippen LogP contribution in [0, 0.1) is 5.92 Å². The highest BCUT2D eigenvalue weighted by atomic mass is 15.3. The number of piperidine rings is 1. The van der Waals surface area contributed by atoms with Crippen molar-refractivity contribution in [2.24, 2.45) is 11.7 Å². The highest BCUT2D eigenvalue weighted by Crippen LogP contribution is 2.41. The molecule has 3 nitrogen and oxygen atoms in total. The molecule has 0 amide bonds. The van der Waals surface area contributed by atoms with Gasteiger partial charge in [0.15, 0.2) is 0 Å². The minimum atomic E-state index is 0.329. The van der Waals surface area contributed by atoms with Crippen molar-refractivity contribution >= 4 is 0 Å². The molecule has 0 aromatic rings.